The predicted octanol–water partition coefficient (Wildman–Crippen LogP) is 4.12. The van der Waals surface area contributed by atoms with Crippen LogP contribution in [0.4, 0.5) is 26.3 Å². The van der Waals surface area contributed by atoms with E-state index >= 15 is 0 Å². The Morgan fingerprint density at radius 2 is 1.80 bits per heavy atom. The van der Waals surface area contributed by atoms with Crippen molar-refractivity contribution < 1.29 is 35.9 Å². The second-order valence-electron chi connectivity index (χ2n) is 3.28. The first kappa shape index (κ1) is 16.8. The van der Waals surface area contributed by atoms with Crippen molar-refractivity contribution in [3.63, 3.8) is 0 Å². The molecule has 0 spiro atoms. The monoisotopic (exact) mass is 341 g/mol. The summed E-state index contributed by atoms with van der Waals surface area (Å²) >= 11 is 10.2. The molecular formula is C9H3Cl2F6NO2. The number of carbonyl (C=O) groups excluding carboxylic acids is 1. The van der Waals surface area contributed by atoms with Crippen molar-refractivity contribution in [2.75, 3.05) is 0 Å². The number of nitrogens with zero attached hydrogens (tertiary/aromatic N) is 1. The quantitative estimate of drug-likeness (QED) is 0.471. The Morgan fingerprint density at radius 1 is 1.25 bits per heavy atom. The molecule has 0 amide bonds. The molecular weight excluding hydrogens is 339 g/mol. The molecule has 0 unspecified atom stereocenters. The summed E-state index contributed by atoms with van der Waals surface area (Å²) in [5.74, 6) is -2.40. The van der Waals surface area contributed by atoms with Gasteiger partial charge in [0.15, 0.2) is 0 Å². The van der Waals surface area contributed by atoms with Gasteiger partial charge in [0.25, 0.3) is 5.24 Å². The van der Waals surface area contributed by atoms with Crippen molar-refractivity contribution in [3.8, 4) is 5.88 Å². The highest BCUT2D eigenvalue weighted by molar-refractivity contribution is 6.67. The van der Waals surface area contributed by atoms with Gasteiger partial charge in [0.05, 0.1) is 17.0 Å². The predicted molar refractivity (Wildman–Crippen MR) is 55.7 cm³/mol. The van der Waals surface area contributed by atoms with E-state index in [1.807, 2.05) is 0 Å². The fourth-order valence-corrected chi connectivity index (χ4v) is 1.72. The lowest BCUT2D eigenvalue weighted by Gasteiger charge is -2.17. The van der Waals surface area contributed by atoms with E-state index in [1.165, 1.54) is 0 Å². The number of alkyl halides is 7. The normalized spacial score (nSPS) is 12.4. The van der Waals surface area contributed by atoms with E-state index in [0.29, 0.717) is 0 Å². The van der Waals surface area contributed by atoms with Crippen molar-refractivity contribution >= 4 is 28.4 Å². The highest BCUT2D eigenvalue weighted by atomic mass is 35.5. The van der Waals surface area contributed by atoms with E-state index in [4.69, 9.17) is 23.2 Å². The molecule has 0 aromatic carbocycles. The molecule has 0 radical (unpaired) electrons. The van der Waals surface area contributed by atoms with Gasteiger partial charge in [-0.3, -0.25) is 4.79 Å². The van der Waals surface area contributed by atoms with Gasteiger partial charge in [0.1, 0.15) is 0 Å². The maximum Gasteiger partial charge on any atom is 0.574 e. The Labute approximate surface area is 117 Å². The topological polar surface area (TPSA) is 39.2 Å². The molecule has 0 fully saturated rings. The number of halogens is 8. The highest BCUT2D eigenvalue weighted by Crippen LogP contribution is 2.40. The highest BCUT2D eigenvalue weighted by Gasteiger charge is 2.41. The summed E-state index contributed by atoms with van der Waals surface area (Å²) in [6.07, 6.45) is -10.2. The zero-order valence-electron chi connectivity index (χ0n) is 9.07. The van der Waals surface area contributed by atoms with E-state index in [1.54, 1.807) is 0 Å². The number of aromatic nitrogens is 1. The summed E-state index contributed by atoms with van der Waals surface area (Å²) in [6, 6.07) is 0. The summed E-state index contributed by atoms with van der Waals surface area (Å²) in [6.45, 7) is 0. The van der Waals surface area contributed by atoms with Gasteiger partial charge in [-0.2, -0.15) is 13.2 Å². The number of hydrogen-bond donors (Lipinski definition) is 0. The van der Waals surface area contributed by atoms with Crippen molar-refractivity contribution in [2.24, 2.45) is 0 Å². The third-order valence-corrected chi connectivity index (χ3v) is 2.45. The minimum atomic E-state index is -5.26. The van der Waals surface area contributed by atoms with Gasteiger partial charge in [-0.1, -0.05) is 0 Å². The van der Waals surface area contributed by atoms with Crippen LogP contribution in [0.2, 0.25) is 0 Å². The van der Waals surface area contributed by atoms with Crippen LogP contribution in [0.3, 0.4) is 0 Å². The summed E-state index contributed by atoms with van der Waals surface area (Å²) in [4.78, 5) is 13.9. The lowest BCUT2D eigenvalue weighted by Crippen LogP contribution is -2.22. The molecule has 0 atom stereocenters. The summed E-state index contributed by atoms with van der Waals surface area (Å²) < 4.78 is 78.0. The van der Waals surface area contributed by atoms with Crippen molar-refractivity contribution in [1.82, 2.24) is 4.98 Å². The van der Waals surface area contributed by atoms with Crippen molar-refractivity contribution in [3.05, 3.63) is 22.9 Å². The molecule has 11 heteroatoms. The molecule has 0 saturated heterocycles. The molecule has 0 aliphatic heterocycles. The zero-order valence-corrected chi connectivity index (χ0v) is 10.6. The van der Waals surface area contributed by atoms with Crippen LogP contribution in [0.1, 0.15) is 21.5 Å². The zero-order chi connectivity index (χ0) is 15.7. The van der Waals surface area contributed by atoms with Crippen LogP contribution in [0, 0.1) is 0 Å². The fraction of sp³-hybridized carbons (Fsp3) is 0.333. The van der Waals surface area contributed by atoms with Crippen LogP contribution < -0.4 is 4.74 Å². The van der Waals surface area contributed by atoms with E-state index in [-0.39, 0.29) is 6.20 Å². The van der Waals surface area contributed by atoms with Gasteiger partial charge in [-0.15, -0.1) is 24.8 Å². The van der Waals surface area contributed by atoms with Crippen LogP contribution >= 0.6 is 23.2 Å². The second-order valence-corrected chi connectivity index (χ2v) is 3.89. The van der Waals surface area contributed by atoms with Crippen LogP contribution in [-0.4, -0.2) is 16.6 Å². The number of hydrogen-bond acceptors (Lipinski definition) is 3. The number of carbonyl (C=O) groups is 1. The molecule has 1 rings (SSSR count). The Kier molecular flexibility index (Phi) is 4.75. The van der Waals surface area contributed by atoms with Gasteiger partial charge < -0.3 is 4.74 Å². The van der Waals surface area contributed by atoms with Crippen LogP contribution in [0.15, 0.2) is 6.20 Å². The van der Waals surface area contributed by atoms with Gasteiger partial charge >= 0.3 is 12.5 Å². The lowest BCUT2D eigenvalue weighted by molar-refractivity contribution is -0.276. The Hall–Kier alpha value is -1.22. The molecule has 1 heterocycles. The molecule has 0 saturated carbocycles. The second kappa shape index (κ2) is 5.65. The summed E-state index contributed by atoms with van der Waals surface area (Å²) in [7, 11) is 0. The third kappa shape index (κ3) is 3.89. The average molecular weight is 342 g/mol. The van der Waals surface area contributed by atoms with Crippen molar-refractivity contribution in [2.45, 2.75) is 18.4 Å². The summed E-state index contributed by atoms with van der Waals surface area (Å²) in [5, 5.41) is -1.53. The van der Waals surface area contributed by atoms with Crippen LogP contribution in [-0.2, 0) is 12.1 Å². The summed E-state index contributed by atoms with van der Waals surface area (Å²) in [5.41, 5.74) is -3.94. The lowest BCUT2D eigenvalue weighted by atomic mass is 10.1. The maximum absolute atomic E-state index is 12.8. The molecule has 20 heavy (non-hydrogen) atoms. The molecule has 112 valence electrons. The molecule has 1 aromatic rings. The fourth-order valence-electron chi connectivity index (χ4n) is 1.33. The van der Waals surface area contributed by atoms with Crippen molar-refractivity contribution in [1.29, 1.82) is 0 Å². The van der Waals surface area contributed by atoms with E-state index in [2.05, 4.69) is 9.72 Å². The molecule has 1 aromatic heterocycles. The van der Waals surface area contributed by atoms with Gasteiger partial charge in [0, 0.05) is 11.8 Å². The molecule has 0 bridgehead atoms. The van der Waals surface area contributed by atoms with E-state index in [0.717, 1.165) is 0 Å². The Balaban J connectivity index is 3.57. The van der Waals surface area contributed by atoms with Gasteiger partial charge in [0.2, 0.25) is 5.88 Å². The number of ether oxygens (including phenoxy) is 1. The van der Waals surface area contributed by atoms with Crippen LogP contribution in [0.5, 0.6) is 5.88 Å². The smallest absolute Gasteiger partial charge is 0.388 e. The number of rotatable bonds is 3. The van der Waals surface area contributed by atoms with E-state index in [9.17, 15) is 31.1 Å². The molecule has 0 N–H and O–H groups in total. The molecule has 0 aliphatic rings. The van der Waals surface area contributed by atoms with E-state index < -0.39 is 46.2 Å². The SMILES string of the molecule is O=C(Cl)c1cnc(OC(F)(F)F)c(CCl)c1C(F)(F)F. The van der Waals surface area contributed by atoms with Gasteiger partial charge in [-0.05, 0) is 11.6 Å². The van der Waals surface area contributed by atoms with Gasteiger partial charge in [-0.25, -0.2) is 4.98 Å². The average Bonchev–Trinajstić information content (AvgIpc) is 2.24. The maximum atomic E-state index is 12.8. The first-order valence-electron chi connectivity index (χ1n) is 4.58. The van der Waals surface area contributed by atoms with Crippen LogP contribution in [0.25, 0.3) is 0 Å². The Bertz CT molecular complexity index is 528. The first-order chi connectivity index (χ1) is 8.97. The minimum absolute atomic E-state index is 0.245. The molecule has 3 nitrogen and oxygen atoms in total. The largest absolute Gasteiger partial charge is 0.574 e. The Morgan fingerprint density at radius 3 is 2.15 bits per heavy atom. The number of pyridine rings is 1. The first-order valence-corrected chi connectivity index (χ1v) is 5.49. The molecule has 0 aliphatic carbocycles. The third-order valence-electron chi connectivity index (χ3n) is 1.98. The standard InChI is InChI=1S/C9H3Cl2F6NO2/c10-1-3-5(8(12,13)14)4(6(11)19)2-18-7(3)20-9(15,16)17/h2H,1H2. The minimum Gasteiger partial charge on any atom is -0.388 e.